The second-order valence-corrected chi connectivity index (χ2v) is 9.34. The molecule has 10 heteroatoms. The number of aryl methyl sites for hydroxylation is 2. The van der Waals surface area contributed by atoms with Gasteiger partial charge in [-0.1, -0.05) is 35.9 Å². The summed E-state index contributed by atoms with van der Waals surface area (Å²) in [5.74, 6) is -0.265. The van der Waals surface area contributed by atoms with Crippen molar-refractivity contribution in [2.75, 3.05) is 13.2 Å². The number of nitrogens with zero attached hydrogens (tertiary/aromatic N) is 4. The lowest BCUT2D eigenvalue weighted by Crippen LogP contribution is -2.44. The molecule has 180 valence electrons. The standard InChI is InChI=1S/C25H24ClN5O4/c1-13-17(10-30(2)29-13)15-5-3-4-6-16(15)21-24(26)31-8-7-14(9-20(31)28-21)25(33)27-18-11-34-23-19(32)12-35-22(18)23/h3-10,18-19,22-23,32H,11-12H2,1-2H3,(H,27,33)/t18-,19+,22-,23-/m1/s1. The summed E-state index contributed by atoms with van der Waals surface area (Å²) >= 11 is 6.76. The number of fused-ring (bicyclic) bond motifs is 2. The van der Waals surface area contributed by atoms with Gasteiger partial charge >= 0.3 is 0 Å². The zero-order chi connectivity index (χ0) is 24.3. The molecule has 2 aliphatic rings. The van der Waals surface area contributed by atoms with Crippen LogP contribution in [0.1, 0.15) is 16.1 Å². The molecule has 9 nitrogen and oxygen atoms in total. The van der Waals surface area contributed by atoms with E-state index in [-0.39, 0.29) is 24.7 Å². The summed E-state index contributed by atoms with van der Waals surface area (Å²) in [6.07, 6.45) is 2.30. The Balaban J connectivity index is 1.32. The minimum atomic E-state index is -0.665. The lowest BCUT2D eigenvalue weighted by Gasteiger charge is -2.17. The van der Waals surface area contributed by atoms with Gasteiger partial charge < -0.3 is 19.9 Å². The molecule has 3 aromatic heterocycles. The van der Waals surface area contributed by atoms with Crippen LogP contribution in [0.5, 0.6) is 0 Å². The molecule has 0 radical (unpaired) electrons. The van der Waals surface area contributed by atoms with Gasteiger partial charge in [0.2, 0.25) is 0 Å². The van der Waals surface area contributed by atoms with Crippen LogP contribution in [-0.4, -0.2) is 67.7 Å². The fourth-order valence-corrected chi connectivity index (χ4v) is 5.26. The summed E-state index contributed by atoms with van der Waals surface area (Å²) in [6, 6.07) is 11.0. The Morgan fingerprint density at radius 3 is 2.69 bits per heavy atom. The predicted molar refractivity (Wildman–Crippen MR) is 129 cm³/mol. The topological polar surface area (TPSA) is 103 Å². The number of nitrogens with one attached hydrogen (secondary N) is 1. The number of benzene rings is 1. The van der Waals surface area contributed by atoms with Gasteiger partial charge in [-0.25, -0.2) is 4.98 Å². The van der Waals surface area contributed by atoms with E-state index in [2.05, 4.69) is 10.4 Å². The summed E-state index contributed by atoms with van der Waals surface area (Å²) < 4.78 is 14.7. The molecule has 1 amide bonds. The van der Waals surface area contributed by atoms with Crippen molar-refractivity contribution in [1.82, 2.24) is 24.5 Å². The van der Waals surface area contributed by atoms with Gasteiger partial charge in [0.1, 0.15) is 34.8 Å². The summed E-state index contributed by atoms with van der Waals surface area (Å²) in [4.78, 5) is 17.8. The average Bonchev–Trinajstić information content (AvgIpc) is 3.59. The lowest BCUT2D eigenvalue weighted by molar-refractivity contribution is 0.0178. The lowest BCUT2D eigenvalue weighted by atomic mass is 9.99. The van der Waals surface area contributed by atoms with E-state index in [1.165, 1.54) is 0 Å². The molecule has 35 heavy (non-hydrogen) atoms. The van der Waals surface area contributed by atoms with Crippen LogP contribution in [0, 0.1) is 6.92 Å². The van der Waals surface area contributed by atoms with Crippen molar-refractivity contribution >= 4 is 23.2 Å². The largest absolute Gasteiger partial charge is 0.388 e. The maximum atomic E-state index is 13.0. The Kier molecular flexibility index (Phi) is 5.37. The number of aliphatic hydroxyl groups is 1. The van der Waals surface area contributed by atoms with Gasteiger partial charge in [0.15, 0.2) is 0 Å². The van der Waals surface area contributed by atoms with Crippen LogP contribution in [-0.2, 0) is 16.5 Å². The number of pyridine rings is 1. The third kappa shape index (κ3) is 3.71. The van der Waals surface area contributed by atoms with Crippen LogP contribution in [0.15, 0.2) is 48.8 Å². The Morgan fingerprint density at radius 1 is 1.14 bits per heavy atom. The molecule has 5 heterocycles. The van der Waals surface area contributed by atoms with E-state index in [4.69, 9.17) is 26.1 Å². The highest BCUT2D eigenvalue weighted by molar-refractivity contribution is 6.32. The number of ether oxygens (including phenoxy) is 2. The third-order valence-electron chi connectivity index (χ3n) is 6.66. The van der Waals surface area contributed by atoms with Gasteiger partial charge in [0, 0.05) is 36.1 Å². The quantitative estimate of drug-likeness (QED) is 0.453. The maximum Gasteiger partial charge on any atom is 0.251 e. The molecule has 0 bridgehead atoms. The smallest absolute Gasteiger partial charge is 0.251 e. The number of halogens is 1. The molecule has 0 unspecified atom stereocenters. The van der Waals surface area contributed by atoms with E-state index in [0.29, 0.717) is 28.7 Å². The monoisotopic (exact) mass is 493 g/mol. The first-order chi connectivity index (χ1) is 16.9. The molecule has 1 aromatic carbocycles. The maximum absolute atomic E-state index is 13.0. The van der Waals surface area contributed by atoms with Crippen LogP contribution in [0.4, 0.5) is 0 Å². The van der Waals surface area contributed by atoms with Crippen LogP contribution in [0.3, 0.4) is 0 Å². The molecule has 4 aromatic rings. The van der Waals surface area contributed by atoms with E-state index < -0.39 is 12.2 Å². The van der Waals surface area contributed by atoms with E-state index in [0.717, 1.165) is 22.4 Å². The van der Waals surface area contributed by atoms with Crippen molar-refractivity contribution in [2.24, 2.45) is 7.05 Å². The number of rotatable bonds is 4. The first-order valence-corrected chi connectivity index (χ1v) is 11.8. The van der Waals surface area contributed by atoms with Crippen molar-refractivity contribution in [3.8, 4) is 22.4 Å². The first-order valence-electron chi connectivity index (χ1n) is 11.4. The Bertz CT molecular complexity index is 1450. The number of hydrogen-bond donors (Lipinski definition) is 2. The van der Waals surface area contributed by atoms with Crippen LogP contribution in [0.2, 0.25) is 5.15 Å². The van der Waals surface area contributed by atoms with Gasteiger partial charge in [-0.05, 0) is 24.6 Å². The molecule has 0 saturated carbocycles. The van der Waals surface area contributed by atoms with Crippen molar-refractivity contribution < 1.29 is 19.4 Å². The van der Waals surface area contributed by atoms with Gasteiger partial charge in [-0.3, -0.25) is 13.9 Å². The Morgan fingerprint density at radius 2 is 1.91 bits per heavy atom. The number of aliphatic hydroxyl groups excluding tert-OH is 1. The van der Waals surface area contributed by atoms with Crippen LogP contribution >= 0.6 is 11.6 Å². The average molecular weight is 494 g/mol. The van der Waals surface area contributed by atoms with Gasteiger partial charge in [-0.2, -0.15) is 5.10 Å². The second kappa shape index (κ2) is 8.46. The molecule has 6 rings (SSSR count). The number of aromatic nitrogens is 4. The third-order valence-corrected chi connectivity index (χ3v) is 7.02. The molecule has 2 fully saturated rings. The first kappa shape index (κ1) is 22.2. The molecule has 2 N–H and O–H groups in total. The molecule has 2 aliphatic heterocycles. The highest BCUT2D eigenvalue weighted by atomic mass is 35.5. The number of amides is 1. The molecule has 0 aliphatic carbocycles. The summed E-state index contributed by atoms with van der Waals surface area (Å²) in [7, 11) is 1.89. The predicted octanol–water partition coefficient (Wildman–Crippen LogP) is 2.62. The zero-order valence-electron chi connectivity index (χ0n) is 19.2. The number of carbonyl (C=O) groups is 1. The van der Waals surface area contributed by atoms with E-state index in [1.807, 2.05) is 44.4 Å². The fourth-order valence-electron chi connectivity index (χ4n) is 4.97. The van der Waals surface area contributed by atoms with Crippen molar-refractivity contribution in [3.63, 3.8) is 0 Å². The summed E-state index contributed by atoms with van der Waals surface area (Å²) in [5, 5.41) is 17.8. The number of hydrogen-bond acceptors (Lipinski definition) is 6. The molecule has 0 spiro atoms. The van der Waals surface area contributed by atoms with Gasteiger partial charge in [-0.15, -0.1) is 0 Å². The summed E-state index contributed by atoms with van der Waals surface area (Å²) in [5.41, 5.74) is 5.42. The minimum absolute atomic E-state index is 0.211. The van der Waals surface area contributed by atoms with E-state index in [9.17, 15) is 9.90 Å². The second-order valence-electron chi connectivity index (χ2n) is 8.99. The van der Waals surface area contributed by atoms with Crippen molar-refractivity contribution in [1.29, 1.82) is 0 Å². The Hall–Kier alpha value is -3.24. The molecule has 4 atom stereocenters. The van der Waals surface area contributed by atoms with Crippen molar-refractivity contribution in [2.45, 2.75) is 31.3 Å². The fraction of sp³-hybridized carbons (Fsp3) is 0.320. The normalized spacial score (nSPS) is 23.7. The van der Waals surface area contributed by atoms with Crippen LogP contribution < -0.4 is 5.32 Å². The van der Waals surface area contributed by atoms with Crippen LogP contribution in [0.25, 0.3) is 28.0 Å². The molecular formula is C25H24ClN5O4. The number of imidazole rings is 1. The SMILES string of the molecule is Cc1nn(C)cc1-c1ccccc1-c1nc2cc(C(=O)N[C@@H]3CO[C@H]4[C@@H]3OC[C@@H]4O)ccn2c1Cl. The highest BCUT2D eigenvalue weighted by Gasteiger charge is 2.47. The molecular weight excluding hydrogens is 470 g/mol. The zero-order valence-corrected chi connectivity index (χ0v) is 19.9. The van der Waals surface area contributed by atoms with E-state index in [1.54, 1.807) is 27.4 Å². The Labute approximate surface area is 206 Å². The highest BCUT2D eigenvalue weighted by Crippen LogP contribution is 2.37. The summed E-state index contributed by atoms with van der Waals surface area (Å²) in [6.45, 7) is 2.48. The minimum Gasteiger partial charge on any atom is -0.388 e. The van der Waals surface area contributed by atoms with Gasteiger partial charge in [0.25, 0.3) is 5.91 Å². The number of carbonyl (C=O) groups excluding carboxylic acids is 1. The molecule has 2 saturated heterocycles. The van der Waals surface area contributed by atoms with Gasteiger partial charge in [0.05, 0.1) is 24.9 Å². The van der Waals surface area contributed by atoms with Crippen molar-refractivity contribution in [3.05, 3.63) is 65.2 Å². The van der Waals surface area contributed by atoms with E-state index >= 15 is 0 Å².